The lowest BCUT2D eigenvalue weighted by Gasteiger charge is -2.27. The van der Waals surface area contributed by atoms with E-state index in [1.54, 1.807) is 25.3 Å². The predicted molar refractivity (Wildman–Crippen MR) is 152 cm³/mol. The Hall–Kier alpha value is -4.00. The molecule has 0 unspecified atom stereocenters. The van der Waals surface area contributed by atoms with Crippen LogP contribution in [0.25, 0.3) is 10.9 Å². The van der Waals surface area contributed by atoms with E-state index in [0.717, 1.165) is 57.0 Å². The predicted octanol–water partition coefficient (Wildman–Crippen LogP) is 2.48. The molecule has 2 aliphatic heterocycles. The maximum Gasteiger partial charge on any atom is 0.324 e. The van der Waals surface area contributed by atoms with Gasteiger partial charge < -0.3 is 30.2 Å². The number of rotatable bonds is 9. The van der Waals surface area contributed by atoms with Gasteiger partial charge in [-0.15, -0.1) is 0 Å². The number of anilines is 3. The number of morpholine rings is 2. The molecule has 1 aromatic heterocycles. The minimum atomic E-state index is -0.573. The molecule has 40 heavy (non-hydrogen) atoms. The van der Waals surface area contributed by atoms with Crippen molar-refractivity contribution < 1.29 is 23.8 Å². The summed E-state index contributed by atoms with van der Waals surface area (Å²) in [4.78, 5) is 38.6. The summed E-state index contributed by atoms with van der Waals surface area (Å²) >= 11 is 0. The van der Waals surface area contributed by atoms with Gasteiger partial charge >= 0.3 is 6.03 Å². The number of benzene rings is 2. The molecule has 2 saturated heterocycles. The molecular formula is C28H35N7O5. The highest BCUT2D eigenvalue weighted by molar-refractivity contribution is 6.05. The van der Waals surface area contributed by atoms with Crippen LogP contribution in [0.3, 0.4) is 0 Å². The van der Waals surface area contributed by atoms with E-state index in [9.17, 15) is 9.59 Å². The maximum absolute atomic E-state index is 13.1. The molecule has 0 saturated carbocycles. The molecule has 0 spiro atoms. The number of urea groups is 1. The quantitative estimate of drug-likeness (QED) is 0.367. The average Bonchev–Trinajstić information content (AvgIpc) is 2.98. The summed E-state index contributed by atoms with van der Waals surface area (Å²) in [5.41, 5.74) is 7.80. The van der Waals surface area contributed by atoms with Gasteiger partial charge in [0.15, 0.2) is 0 Å². The van der Waals surface area contributed by atoms with Crippen molar-refractivity contribution >= 4 is 40.3 Å². The number of carbonyl (C=O) groups excluding carboxylic acids is 2. The minimum Gasteiger partial charge on any atom is -0.496 e. The summed E-state index contributed by atoms with van der Waals surface area (Å²) in [6.45, 7) is 6.84. The first-order chi connectivity index (χ1) is 19.5. The van der Waals surface area contributed by atoms with Crippen molar-refractivity contribution in [2.75, 3.05) is 81.8 Å². The second-order valence-corrected chi connectivity index (χ2v) is 9.73. The van der Waals surface area contributed by atoms with Gasteiger partial charge in [-0.2, -0.15) is 4.98 Å². The molecule has 212 valence electrons. The lowest BCUT2D eigenvalue weighted by molar-refractivity contribution is 0.0374. The van der Waals surface area contributed by atoms with E-state index in [1.165, 1.54) is 6.07 Å². The number of nitrogens with zero attached hydrogens (tertiary/aromatic N) is 4. The van der Waals surface area contributed by atoms with Crippen LogP contribution in [-0.4, -0.2) is 93.1 Å². The van der Waals surface area contributed by atoms with Gasteiger partial charge in [0.05, 0.1) is 39.1 Å². The Morgan fingerprint density at radius 2 is 1.75 bits per heavy atom. The first kappa shape index (κ1) is 27.6. The molecule has 3 aromatic rings. The topological polar surface area (TPSA) is 144 Å². The molecule has 0 radical (unpaired) electrons. The Labute approximate surface area is 232 Å². The monoisotopic (exact) mass is 549 g/mol. The van der Waals surface area contributed by atoms with Crippen molar-refractivity contribution in [1.29, 1.82) is 0 Å². The zero-order valence-corrected chi connectivity index (χ0v) is 22.6. The Morgan fingerprint density at radius 3 is 2.48 bits per heavy atom. The number of hydrogen-bond acceptors (Lipinski definition) is 9. The van der Waals surface area contributed by atoms with Crippen molar-refractivity contribution in [2.24, 2.45) is 5.73 Å². The fourth-order valence-corrected chi connectivity index (χ4v) is 4.91. The third kappa shape index (κ3) is 6.76. The van der Waals surface area contributed by atoms with Crippen LogP contribution in [0.2, 0.25) is 0 Å². The van der Waals surface area contributed by atoms with E-state index in [2.05, 4.69) is 15.5 Å². The lowest BCUT2D eigenvalue weighted by Crippen LogP contribution is -2.37. The first-order valence-corrected chi connectivity index (χ1v) is 13.5. The van der Waals surface area contributed by atoms with Crippen LogP contribution in [0.4, 0.5) is 22.2 Å². The normalized spacial score (nSPS) is 16.1. The molecule has 4 N–H and O–H groups in total. The van der Waals surface area contributed by atoms with E-state index in [-0.39, 0.29) is 0 Å². The number of ether oxygens (including phenoxy) is 3. The number of methoxy groups -OCH3 is 1. The van der Waals surface area contributed by atoms with Crippen LogP contribution < -0.4 is 26.0 Å². The number of carbonyl (C=O) groups is 2. The maximum atomic E-state index is 13.1. The highest BCUT2D eigenvalue weighted by atomic mass is 16.5. The number of fused-ring (bicyclic) bond motifs is 1. The van der Waals surface area contributed by atoms with Gasteiger partial charge in [-0.05, 0) is 49.2 Å². The molecule has 3 amide bonds. The fourth-order valence-electron chi connectivity index (χ4n) is 4.91. The van der Waals surface area contributed by atoms with Crippen molar-refractivity contribution in [1.82, 2.24) is 14.9 Å². The average molecular weight is 550 g/mol. The third-order valence-electron chi connectivity index (χ3n) is 7.04. The summed E-state index contributed by atoms with van der Waals surface area (Å²) < 4.78 is 16.7. The highest BCUT2D eigenvalue weighted by Gasteiger charge is 2.20. The number of aromatic nitrogens is 2. The van der Waals surface area contributed by atoms with Crippen LogP contribution in [0.1, 0.15) is 22.3 Å². The van der Waals surface area contributed by atoms with Crippen LogP contribution in [0.5, 0.6) is 5.75 Å². The molecule has 12 nitrogen and oxygen atoms in total. The van der Waals surface area contributed by atoms with E-state index in [4.69, 9.17) is 29.9 Å². The molecule has 0 atom stereocenters. The van der Waals surface area contributed by atoms with E-state index in [0.29, 0.717) is 60.2 Å². The molecule has 2 aromatic carbocycles. The summed E-state index contributed by atoms with van der Waals surface area (Å²) in [6.07, 6.45) is 1.75. The van der Waals surface area contributed by atoms with Gasteiger partial charge in [0, 0.05) is 48.9 Å². The summed E-state index contributed by atoms with van der Waals surface area (Å²) in [5.74, 6) is 1.06. The van der Waals surface area contributed by atoms with Crippen LogP contribution in [0, 0.1) is 0 Å². The molecule has 2 aliphatic rings. The fraction of sp³-hybridized carbons (Fsp3) is 0.429. The van der Waals surface area contributed by atoms with Crippen LogP contribution in [-0.2, 0) is 15.9 Å². The lowest BCUT2D eigenvalue weighted by atomic mass is 10.0. The number of amides is 3. The smallest absolute Gasteiger partial charge is 0.324 e. The van der Waals surface area contributed by atoms with Gasteiger partial charge in [-0.1, -0.05) is 6.07 Å². The Kier molecular flexibility index (Phi) is 8.89. The van der Waals surface area contributed by atoms with Gasteiger partial charge in [0.2, 0.25) is 11.9 Å². The highest BCUT2D eigenvalue weighted by Crippen LogP contribution is 2.31. The Morgan fingerprint density at radius 1 is 1.00 bits per heavy atom. The molecule has 0 bridgehead atoms. The van der Waals surface area contributed by atoms with Crippen molar-refractivity contribution in [3.05, 3.63) is 47.5 Å². The molecule has 12 heteroatoms. The molecule has 0 aliphatic carbocycles. The number of aryl methyl sites for hydroxylation is 1. The van der Waals surface area contributed by atoms with Gasteiger partial charge in [0.1, 0.15) is 11.6 Å². The summed E-state index contributed by atoms with van der Waals surface area (Å²) in [7, 11) is 1.66. The standard InChI is InChI=1S/C28H35N7O5/c1-38-24-18-23-22(17-19(24)5-3-7-34-8-12-39-13-9-34)26(32-27(31-23)35-10-14-40-15-11-35)33-28(37)30-21-6-2-4-20(16-21)25(29)36/h2,4,6,16-18H,3,5,7-15H2,1H3,(H2,29,36)(H2,30,31,32,33,37). The number of primary amides is 1. The van der Waals surface area contributed by atoms with Crippen LogP contribution >= 0.6 is 0 Å². The van der Waals surface area contributed by atoms with Gasteiger partial charge in [-0.25, -0.2) is 9.78 Å². The van der Waals surface area contributed by atoms with Crippen molar-refractivity contribution in [3.8, 4) is 5.75 Å². The molecule has 3 heterocycles. The molecule has 5 rings (SSSR count). The zero-order valence-electron chi connectivity index (χ0n) is 22.6. The van der Waals surface area contributed by atoms with Gasteiger partial charge in [0.25, 0.3) is 0 Å². The van der Waals surface area contributed by atoms with Crippen molar-refractivity contribution in [2.45, 2.75) is 12.8 Å². The SMILES string of the molecule is COc1cc2nc(N3CCOCC3)nc(NC(=O)Nc3cccc(C(N)=O)c3)c2cc1CCCN1CCOCC1. The van der Waals surface area contributed by atoms with E-state index >= 15 is 0 Å². The second kappa shape index (κ2) is 12.9. The van der Waals surface area contributed by atoms with Gasteiger partial charge in [-0.3, -0.25) is 15.0 Å². The minimum absolute atomic E-state index is 0.300. The van der Waals surface area contributed by atoms with Crippen molar-refractivity contribution in [3.63, 3.8) is 0 Å². The Balaban J connectivity index is 1.42. The molecular weight excluding hydrogens is 514 g/mol. The number of nitrogens with two attached hydrogens (primary N) is 1. The zero-order chi connectivity index (χ0) is 27.9. The largest absolute Gasteiger partial charge is 0.496 e. The van der Waals surface area contributed by atoms with E-state index < -0.39 is 11.9 Å². The number of hydrogen-bond donors (Lipinski definition) is 3. The Bertz CT molecular complexity index is 1360. The number of nitrogens with one attached hydrogen (secondary N) is 2. The second-order valence-electron chi connectivity index (χ2n) is 9.73. The van der Waals surface area contributed by atoms with E-state index in [1.807, 2.05) is 17.0 Å². The summed E-state index contributed by atoms with van der Waals surface area (Å²) in [6, 6.07) is 9.86. The molecule has 2 fully saturated rings. The van der Waals surface area contributed by atoms with Crippen LogP contribution in [0.15, 0.2) is 36.4 Å². The third-order valence-corrected chi connectivity index (χ3v) is 7.04. The summed E-state index contributed by atoms with van der Waals surface area (Å²) in [5, 5.41) is 6.37. The first-order valence-electron chi connectivity index (χ1n) is 13.5.